The van der Waals surface area contributed by atoms with Gasteiger partial charge in [0.1, 0.15) is 18.1 Å². The quantitative estimate of drug-likeness (QED) is 0.548. The number of halogens is 3. The van der Waals surface area contributed by atoms with E-state index in [2.05, 4.69) is 4.98 Å². The molecular formula is C24H24F3N3O2. The molecule has 8 heteroatoms. The average Bonchev–Trinajstić information content (AvgIpc) is 3.26. The molecule has 2 aliphatic rings. The van der Waals surface area contributed by atoms with Crippen LogP contribution in [0.2, 0.25) is 0 Å². The third-order valence-electron chi connectivity index (χ3n) is 6.14. The van der Waals surface area contributed by atoms with E-state index in [9.17, 15) is 13.2 Å². The Hall–Kier alpha value is -3.00. The summed E-state index contributed by atoms with van der Waals surface area (Å²) >= 11 is 0. The van der Waals surface area contributed by atoms with Crippen LogP contribution >= 0.6 is 0 Å². The van der Waals surface area contributed by atoms with Crippen molar-refractivity contribution in [2.24, 2.45) is 5.92 Å². The highest BCUT2D eigenvalue weighted by atomic mass is 19.4. The number of rotatable bonds is 5. The van der Waals surface area contributed by atoms with E-state index < -0.39 is 12.1 Å². The third-order valence-corrected chi connectivity index (χ3v) is 6.14. The van der Waals surface area contributed by atoms with Gasteiger partial charge in [0, 0.05) is 23.8 Å². The number of alkyl halides is 3. The maximum Gasteiger partial charge on any atom is 0.391 e. The molecule has 0 N–H and O–H groups in total. The van der Waals surface area contributed by atoms with Crippen molar-refractivity contribution in [1.82, 2.24) is 14.3 Å². The molecule has 1 atom stereocenters. The minimum absolute atomic E-state index is 0.165. The van der Waals surface area contributed by atoms with Crippen molar-refractivity contribution in [2.45, 2.75) is 25.1 Å². The maximum atomic E-state index is 12.8. The molecule has 1 unspecified atom stereocenters. The second-order valence-corrected chi connectivity index (χ2v) is 8.26. The highest BCUT2D eigenvalue weighted by molar-refractivity contribution is 5.62. The largest absolute Gasteiger partial charge is 0.492 e. The van der Waals surface area contributed by atoms with Crippen LogP contribution in [0, 0.1) is 5.92 Å². The Labute approximate surface area is 184 Å². The van der Waals surface area contributed by atoms with E-state index in [-0.39, 0.29) is 18.9 Å². The Morgan fingerprint density at radius 1 is 1.12 bits per heavy atom. The summed E-state index contributed by atoms with van der Waals surface area (Å²) in [4.78, 5) is 6.52. The van der Waals surface area contributed by atoms with E-state index >= 15 is 0 Å². The van der Waals surface area contributed by atoms with E-state index in [1.807, 2.05) is 64.0 Å². The zero-order chi connectivity index (χ0) is 22.1. The summed E-state index contributed by atoms with van der Waals surface area (Å²) in [5.41, 5.74) is 2.82. The SMILES string of the molecule is FC(F)(F)C1CCN(CCOc2ccc3c(c2)C=CC(c2cc4cccn4cn2)O3)CC1. The molecule has 0 spiro atoms. The Bertz CT molecular complexity index is 1120. The fraction of sp³-hybridized carbons (Fsp3) is 0.375. The number of nitrogens with zero attached hydrogens (tertiary/aromatic N) is 3. The summed E-state index contributed by atoms with van der Waals surface area (Å²) in [5, 5.41) is 0. The van der Waals surface area contributed by atoms with Gasteiger partial charge in [-0.3, -0.25) is 4.90 Å². The first-order chi connectivity index (χ1) is 15.5. The first kappa shape index (κ1) is 20.9. The first-order valence-corrected chi connectivity index (χ1v) is 10.8. The number of benzene rings is 1. The number of aromatic nitrogens is 2. The number of hydrogen-bond acceptors (Lipinski definition) is 4. The van der Waals surface area contributed by atoms with Gasteiger partial charge in [0.2, 0.25) is 0 Å². The lowest BCUT2D eigenvalue weighted by molar-refractivity contribution is -0.185. The fourth-order valence-electron chi connectivity index (χ4n) is 4.26. The standard InChI is InChI=1S/C24H24F3N3O2/c25-24(26,27)18-7-10-29(11-8-18)12-13-31-20-4-6-22-17(14-20)3-5-23(32-22)21-15-19-2-1-9-30(19)16-28-21/h1-6,9,14-16,18,23H,7-8,10-13H2. The second kappa shape index (κ2) is 8.50. The van der Waals surface area contributed by atoms with Crippen LogP contribution in [-0.2, 0) is 0 Å². The zero-order valence-corrected chi connectivity index (χ0v) is 17.5. The monoisotopic (exact) mass is 443 g/mol. The molecule has 1 saturated heterocycles. The molecule has 0 amide bonds. The van der Waals surface area contributed by atoms with Crippen LogP contribution in [0.25, 0.3) is 11.6 Å². The highest BCUT2D eigenvalue weighted by Gasteiger charge is 2.40. The predicted octanol–water partition coefficient (Wildman–Crippen LogP) is 5.13. The van der Waals surface area contributed by atoms with Gasteiger partial charge in [-0.25, -0.2) is 4.98 Å². The van der Waals surface area contributed by atoms with Crippen molar-refractivity contribution in [1.29, 1.82) is 0 Å². The summed E-state index contributed by atoms with van der Waals surface area (Å²) in [6.07, 6.45) is 3.70. The lowest BCUT2D eigenvalue weighted by Gasteiger charge is -2.32. The van der Waals surface area contributed by atoms with E-state index in [0.29, 0.717) is 32.0 Å². The van der Waals surface area contributed by atoms with E-state index in [0.717, 1.165) is 22.5 Å². The molecule has 5 rings (SSSR count). The number of fused-ring (bicyclic) bond motifs is 2. The van der Waals surface area contributed by atoms with Gasteiger partial charge in [-0.1, -0.05) is 6.08 Å². The number of likely N-dealkylation sites (tertiary alicyclic amines) is 1. The van der Waals surface area contributed by atoms with Gasteiger partial charge in [0.05, 0.1) is 17.9 Å². The summed E-state index contributed by atoms with van der Waals surface area (Å²) in [5.74, 6) is 0.306. The lowest BCUT2D eigenvalue weighted by Crippen LogP contribution is -2.40. The van der Waals surface area contributed by atoms with Gasteiger partial charge in [0.15, 0.2) is 6.10 Å². The molecular weight excluding hydrogens is 419 g/mol. The summed E-state index contributed by atoms with van der Waals surface area (Å²) < 4.78 is 52.3. The molecule has 4 heterocycles. The Morgan fingerprint density at radius 3 is 2.78 bits per heavy atom. The number of piperidine rings is 1. The van der Waals surface area contributed by atoms with Gasteiger partial charge in [0.25, 0.3) is 0 Å². The molecule has 0 radical (unpaired) electrons. The van der Waals surface area contributed by atoms with Crippen LogP contribution in [0.15, 0.2) is 55.0 Å². The summed E-state index contributed by atoms with van der Waals surface area (Å²) in [6.45, 7) is 1.96. The van der Waals surface area contributed by atoms with Crippen molar-refractivity contribution >= 4 is 11.6 Å². The summed E-state index contributed by atoms with van der Waals surface area (Å²) in [6, 6.07) is 11.7. The van der Waals surface area contributed by atoms with E-state index in [4.69, 9.17) is 9.47 Å². The van der Waals surface area contributed by atoms with Crippen molar-refractivity contribution in [3.8, 4) is 11.5 Å². The van der Waals surface area contributed by atoms with Gasteiger partial charge in [-0.2, -0.15) is 13.2 Å². The van der Waals surface area contributed by atoms with Gasteiger partial charge in [-0.15, -0.1) is 0 Å². The Morgan fingerprint density at radius 2 is 1.97 bits per heavy atom. The smallest absolute Gasteiger partial charge is 0.391 e. The Balaban J connectivity index is 1.15. The number of hydrogen-bond donors (Lipinski definition) is 0. The minimum Gasteiger partial charge on any atom is -0.492 e. The van der Waals surface area contributed by atoms with Crippen LogP contribution in [0.3, 0.4) is 0 Å². The highest BCUT2D eigenvalue weighted by Crippen LogP contribution is 2.35. The van der Waals surface area contributed by atoms with Gasteiger partial charge in [-0.05, 0) is 68.4 Å². The van der Waals surface area contributed by atoms with E-state index in [1.54, 1.807) is 6.33 Å². The topological polar surface area (TPSA) is 39.0 Å². The zero-order valence-electron chi connectivity index (χ0n) is 17.5. The average molecular weight is 443 g/mol. The maximum absolute atomic E-state index is 12.8. The van der Waals surface area contributed by atoms with E-state index in [1.165, 1.54) is 0 Å². The molecule has 0 bridgehead atoms. The van der Waals surface area contributed by atoms with Gasteiger partial charge >= 0.3 is 6.18 Å². The molecule has 2 aliphatic heterocycles. The second-order valence-electron chi connectivity index (χ2n) is 8.26. The third kappa shape index (κ3) is 4.46. The summed E-state index contributed by atoms with van der Waals surface area (Å²) in [7, 11) is 0. The molecule has 1 aromatic carbocycles. The predicted molar refractivity (Wildman–Crippen MR) is 115 cm³/mol. The van der Waals surface area contributed by atoms with Crippen LogP contribution in [0.4, 0.5) is 13.2 Å². The number of ether oxygens (including phenoxy) is 2. The van der Waals surface area contributed by atoms with Crippen molar-refractivity contribution < 1.29 is 22.6 Å². The van der Waals surface area contributed by atoms with Crippen LogP contribution < -0.4 is 9.47 Å². The molecule has 5 nitrogen and oxygen atoms in total. The minimum atomic E-state index is -4.08. The van der Waals surface area contributed by atoms with Crippen molar-refractivity contribution in [3.63, 3.8) is 0 Å². The fourth-order valence-corrected chi connectivity index (χ4v) is 4.26. The lowest BCUT2D eigenvalue weighted by atomic mass is 9.96. The van der Waals surface area contributed by atoms with Crippen molar-refractivity contribution in [2.75, 3.05) is 26.2 Å². The van der Waals surface area contributed by atoms with Crippen LogP contribution in [-0.4, -0.2) is 46.7 Å². The molecule has 1 fully saturated rings. The molecule has 3 aromatic rings. The van der Waals surface area contributed by atoms with Crippen molar-refractivity contribution in [3.05, 3.63) is 66.3 Å². The normalized spacial score (nSPS) is 19.7. The van der Waals surface area contributed by atoms with Gasteiger partial charge < -0.3 is 13.9 Å². The molecule has 0 saturated carbocycles. The molecule has 2 aromatic heterocycles. The first-order valence-electron chi connectivity index (χ1n) is 10.8. The Kier molecular flexibility index (Phi) is 5.55. The van der Waals surface area contributed by atoms with Crippen LogP contribution in [0.1, 0.15) is 30.2 Å². The molecule has 32 heavy (non-hydrogen) atoms. The van der Waals surface area contributed by atoms with Crippen LogP contribution in [0.5, 0.6) is 11.5 Å². The molecule has 0 aliphatic carbocycles. The molecule has 168 valence electrons.